The highest BCUT2D eigenvalue weighted by molar-refractivity contribution is 5.11. The van der Waals surface area contributed by atoms with E-state index in [0.29, 0.717) is 12.0 Å². The molecule has 0 radical (unpaired) electrons. The standard InChI is InChI=1S/C12H21N3/c1-3-10-8-11(15(2)14-10)7-9-5-4-6-12(9)13/h8-9,12H,3-7,13H2,1-2H3. The topological polar surface area (TPSA) is 43.8 Å². The third-order valence-electron chi connectivity index (χ3n) is 3.58. The molecular weight excluding hydrogens is 186 g/mol. The summed E-state index contributed by atoms with van der Waals surface area (Å²) in [5, 5.41) is 4.47. The van der Waals surface area contributed by atoms with Crippen molar-refractivity contribution >= 4 is 0 Å². The normalized spacial score (nSPS) is 26.1. The lowest BCUT2D eigenvalue weighted by Gasteiger charge is -2.14. The van der Waals surface area contributed by atoms with Crippen LogP contribution in [0.5, 0.6) is 0 Å². The van der Waals surface area contributed by atoms with Crippen LogP contribution in [0.3, 0.4) is 0 Å². The molecule has 2 unspecified atom stereocenters. The molecule has 1 saturated carbocycles. The molecule has 1 aliphatic rings. The number of nitrogens with two attached hydrogens (primary N) is 1. The van der Waals surface area contributed by atoms with Gasteiger partial charge in [0.25, 0.3) is 0 Å². The van der Waals surface area contributed by atoms with Gasteiger partial charge in [0, 0.05) is 18.8 Å². The smallest absolute Gasteiger partial charge is 0.0624 e. The van der Waals surface area contributed by atoms with Gasteiger partial charge in [0.2, 0.25) is 0 Å². The van der Waals surface area contributed by atoms with Crippen molar-refractivity contribution in [3.8, 4) is 0 Å². The van der Waals surface area contributed by atoms with E-state index in [4.69, 9.17) is 5.73 Å². The van der Waals surface area contributed by atoms with Crippen LogP contribution >= 0.6 is 0 Å². The minimum absolute atomic E-state index is 0.407. The fourth-order valence-electron chi connectivity index (χ4n) is 2.52. The van der Waals surface area contributed by atoms with Crippen molar-refractivity contribution in [2.75, 3.05) is 0 Å². The van der Waals surface area contributed by atoms with Gasteiger partial charge in [-0.2, -0.15) is 5.10 Å². The summed E-state index contributed by atoms with van der Waals surface area (Å²) in [5.74, 6) is 0.671. The van der Waals surface area contributed by atoms with Gasteiger partial charge in [0.15, 0.2) is 0 Å². The number of aryl methyl sites for hydroxylation is 2. The van der Waals surface area contributed by atoms with E-state index in [1.165, 1.54) is 30.7 Å². The average Bonchev–Trinajstić information content (AvgIpc) is 2.76. The molecule has 0 aliphatic heterocycles. The van der Waals surface area contributed by atoms with Gasteiger partial charge in [0.05, 0.1) is 5.69 Å². The summed E-state index contributed by atoms with van der Waals surface area (Å²) in [5.41, 5.74) is 8.62. The van der Waals surface area contributed by atoms with Gasteiger partial charge in [0.1, 0.15) is 0 Å². The van der Waals surface area contributed by atoms with E-state index in [2.05, 4.69) is 18.1 Å². The molecule has 1 heterocycles. The van der Waals surface area contributed by atoms with Crippen LogP contribution in [0.15, 0.2) is 6.07 Å². The van der Waals surface area contributed by atoms with Crippen molar-refractivity contribution in [2.24, 2.45) is 18.7 Å². The minimum Gasteiger partial charge on any atom is -0.327 e. The minimum atomic E-state index is 0.407. The van der Waals surface area contributed by atoms with Crippen molar-refractivity contribution in [3.63, 3.8) is 0 Å². The summed E-state index contributed by atoms with van der Waals surface area (Å²) in [6.07, 6.45) is 5.90. The first kappa shape index (κ1) is 10.7. The molecule has 2 atom stereocenters. The number of hydrogen-bond acceptors (Lipinski definition) is 2. The quantitative estimate of drug-likeness (QED) is 0.819. The Balaban J connectivity index is 2.06. The van der Waals surface area contributed by atoms with Crippen molar-refractivity contribution in [3.05, 3.63) is 17.5 Å². The fraction of sp³-hybridized carbons (Fsp3) is 0.750. The van der Waals surface area contributed by atoms with Crippen molar-refractivity contribution in [1.29, 1.82) is 0 Å². The highest BCUT2D eigenvalue weighted by Gasteiger charge is 2.24. The van der Waals surface area contributed by atoms with E-state index in [9.17, 15) is 0 Å². The molecule has 0 bridgehead atoms. The first-order valence-electron chi connectivity index (χ1n) is 5.98. The molecular formula is C12H21N3. The van der Waals surface area contributed by atoms with Crippen LogP contribution in [-0.4, -0.2) is 15.8 Å². The van der Waals surface area contributed by atoms with E-state index in [1.54, 1.807) is 0 Å². The fourth-order valence-corrected chi connectivity index (χ4v) is 2.52. The lowest BCUT2D eigenvalue weighted by Crippen LogP contribution is -2.26. The highest BCUT2D eigenvalue weighted by atomic mass is 15.3. The van der Waals surface area contributed by atoms with Crippen molar-refractivity contribution in [1.82, 2.24) is 9.78 Å². The number of rotatable bonds is 3. The molecule has 3 heteroatoms. The summed E-state index contributed by atoms with van der Waals surface area (Å²) >= 11 is 0. The van der Waals surface area contributed by atoms with Gasteiger partial charge < -0.3 is 5.73 Å². The second-order valence-corrected chi connectivity index (χ2v) is 4.66. The Bertz CT molecular complexity index is 330. The first-order valence-corrected chi connectivity index (χ1v) is 5.98. The van der Waals surface area contributed by atoms with Crippen LogP contribution in [0.2, 0.25) is 0 Å². The molecule has 0 aromatic carbocycles. The van der Waals surface area contributed by atoms with Gasteiger partial charge >= 0.3 is 0 Å². The Hall–Kier alpha value is -0.830. The summed E-state index contributed by atoms with van der Waals surface area (Å²) in [4.78, 5) is 0. The molecule has 0 amide bonds. The Morgan fingerprint density at radius 2 is 2.33 bits per heavy atom. The van der Waals surface area contributed by atoms with Gasteiger partial charge in [-0.05, 0) is 37.7 Å². The molecule has 0 saturated heterocycles. The van der Waals surface area contributed by atoms with Crippen LogP contribution in [-0.2, 0) is 19.9 Å². The zero-order chi connectivity index (χ0) is 10.8. The summed E-state index contributed by atoms with van der Waals surface area (Å²) in [6, 6.07) is 2.63. The Labute approximate surface area is 91.7 Å². The first-order chi connectivity index (χ1) is 7.20. The zero-order valence-corrected chi connectivity index (χ0v) is 9.74. The van der Waals surface area contributed by atoms with Crippen molar-refractivity contribution in [2.45, 2.75) is 45.1 Å². The molecule has 0 spiro atoms. The summed E-state index contributed by atoms with van der Waals surface area (Å²) in [7, 11) is 2.04. The van der Waals surface area contributed by atoms with E-state index >= 15 is 0 Å². The summed E-state index contributed by atoms with van der Waals surface area (Å²) < 4.78 is 2.02. The molecule has 2 N–H and O–H groups in total. The molecule has 1 aromatic heterocycles. The highest BCUT2D eigenvalue weighted by Crippen LogP contribution is 2.27. The van der Waals surface area contributed by atoms with Gasteiger partial charge in [-0.25, -0.2) is 0 Å². The third kappa shape index (κ3) is 2.23. The second-order valence-electron chi connectivity index (χ2n) is 4.66. The van der Waals surface area contributed by atoms with E-state index < -0.39 is 0 Å². The maximum Gasteiger partial charge on any atom is 0.0624 e. The largest absolute Gasteiger partial charge is 0.327 e. The number of nitrogens with zero attached hydrogens (tertiary/aromatic N) is 2. The SMILES string of the molecule is CCc1cc(CC2CCCC2N)n(C)n1. The Morgan fingerprint density at radius 1 is 1.53 bits per heavy atom. The van der Waals surface area contributed by atoms with Crippen LogP contribution < -0.4 is 5.73 Å². The van der Waals surface area contributed by atoms with Crippen molar-refractivity contribution < 1.29 is 0 Å². The number of hydrogen-bond donors (Lipinski definition) is 1. The predicted molar refractivity (Wildman–Crippen MR) is 61.6 cm³/mol. The van der Waals surface area contributed by atoms with Gasteiger partial charge in [-0.3, -0.25) is 4.68 Å². The second kappa shape index (κ2) is 4.35. The molecule has 1 fully saturated rings. The lowest BCUT2D eigenvalue weighted by molar-refractivity contribution is 0.463. The monoisotopic (exact) mass is 207 g/mol. The lowest BCUT2D eigenvalue weighted by atomic mass is 9.98. The van der Waals surface area contributed by atoms with Crippen LogP contribution in [0.1, 0.15) is 37.6 Å². The summed E-state index contributed by atoms with van der Waals surface area (Å²) in [6.45, 7) is 2.15. The molecule has 1 aromatic rings. The van der Waals surface area contributed by atoms with Gasteiger partial charge in [-0.15, -0.1) is 0 Å². The third-order valence-corrected chi connectivity index (χ3v) is 3.58. The molecule has 15 heavy (non-hydrogen) atoms. The Kier molecular flexibility index (Phi) is 3.10. The number of aromatic nitrogens is 2. The van der Waals surface area contributed by atoms with Gasteiger partial charge in [-0.1, -0.05) is 13.3 Å². The van der Waals surface area contributed by atoms with Crippen LogP contribution in [0, 0.1) is 5.92 Å². The maximum absolute atomic E-state index is 6.09. The van der Waals surface area contributed by atoms with E-state index in [-0.39, 0.29) is 0 Å². The molecule has 3 nitrogen and oxygen atoms in total. The Morgan fingerprint density at radius 3 is 2.87 bits per heavy atom. The van der Waals surface area contributed by atoms with E-state index in [0.717, 1.165) is 12.8 Å². The van der Waals surface area contributed by atoms with Crippen LogP contribution in [0.4, 0.5) is 0 Å². The zero-order valence-electron chi connectivity index (χ0n) is 9.74. The maximum atomic E-state index is 6.09. The predicted octanol–water partition coefficient (Wildman–Crippen LogP) is 1.65. The molecule has 1 aliphatic carbocycles. The van der Waals surface area contributed by atoms with Crippen LogP contribution in [0.25, 0.3) is 0 Å². The molecule has 2 rings (SSSR count). The molecule has 84 valence electrons. The average molecular weight is 207 g/mol. The van der Waals surface area contributed by atoms with E-state index in [1.807, 2.05) is 11.7 Å².